The normalized spacial score (nSPS) is 23.1. The first-order valence-corrected chi connectivity index (χ1v) is 9.03. The third-order valence-corrected chi connectivity index (χ3v) is 5.53. The molecule has 2 saturated heterocycles. The highest BCUT2D eigenvalue weighted by atomic mass is 19.1. The number of pyridine rings is 1. The van der Waals surface area contributed by atoms with Crippen molar-refractivity contribution in [2.45, 2.75) is 13.5 Å². The summed E-state index contributed by atoms with van der Waals surface area (Å²) in [5, 5.41) is 0. The Hall–Kier alpha value is -2.54. The van der Waals surface area contributed by atoms with E-state index >= 15 is 0 Å². The fourth-order valence-corrected chi connectivity index (χ4v) is 4.34. The summed E-state index contributed by atoms with van der Waals surface area (Å²) in [5.41, 5.74) is 2.81. The number of aromatic nitrogens is 4. The molecule has 134 valence electrons. The van der Waals surface area contributed by atoms with Gasteiger partial charge >= 0.3 is 0 Å². The number of halogens is 1. The van der Waals surface area contributed by atoms with Crippen LogP contribution in [0.15, 0.2) is 36.9 Å². The minimum Gasteiger partial charge on any atom is -0.356 e. The van der Waals surface area contributed by atoms with Crippen LogP contribution in [0.4, 0.5) is 10.2 Å². The molecule has 0 N–H and O–H groups in total. The number of fused-ring (bicyclic) bond motifs is 2. The molecule has 0 aromatic carbocycles. The first-order chi connectivity index (χ1) is 12.6. The highest BCUT2D eigenvalue weighted by molar-refractivity contribution is 5.41. The number of likely N-dealkylation sites (tertiary alicyclic amines) is 1. The second-order valence-electron chi connectivity index (χ2n) is 7.48. The van der Waals surface area contributed by atoms with Gasteiger partial charge in [0, 0.05) is 56.9 Å². The highest BCUT2D eigenvalue weighted by Gasteiger charge is 2.40. The van der Waals surface area contributed by atoms with Gasteiger partial charge in [-0.25, -0.2) is 19.3 Å². The average molecular weight is 352 g/mol. The number of nitrogens with zero attached hydrogens (tertiary/aromatic N) is 6. The molecule has 2 unspecified atom stereocenters. The predicted molar refractivity (Wildman–Crippen MR) is 96.4 cm³/mol. The van der Waals surface area contributed by atoms with Crippen molar-refractivity contribution in [1.29, 1.82) is 0 Å². The van der Waals surface area contributed by atoms with E-state index in [1.807, 2.05) is 13.1 Å². The summed E-state index contributed by atoms with van der Waals surface area (Å²) < 4.78 is 15.1. The molecule has 0 amide bonds. The van der Waals surface area contributed by atoms with E-state index in [9.17, 15) is 4.39 Å². The number of hydrogen-bond acceptors (Lipinski definition) is 5. The number of hydrogen-bond donors (Lipinski definition) is 0. The first kappa shape index (κ1) is 15.7. The minimum atomic E-state index is -0.239. The van der Waals surface area contributed by atoms with Crippen LogP contribution in [0, 0.1) is 24.6 Å². The molecule has 2 aliphatic heterocycles. The molecule has 5 heterocycles. The van der Waals surface area contributed by atoms with E-state index < -0.39 is 0 Å². The summed E-state index contributed by atoms with van der Waals surface area (Å²) in [6, 6.07) is 5.24. The SMILES string of the molecule is Cc1cc(N2CC3CN(Cc4cn5cc(F)ccc5n4)CC3C2)ncn1. The van der Waals surface area contributed by atoms with Gasteiger partial charge in [-0.15, -0.1) is 0 Å². The van der Waals surface area contributed by atoms with Gasteiger partial charge in [0.2, 0.25) is 0 Å². The van der Waals surface area contributed by atoms with Crippen LogP contribution in [0.25, 0.3) is 5.65 Å². The summed E-state index contributed by atoms with van der Waals surface area (Å²) in [5.74, 6) is 2.14. The summed E-state index contributed by atoms with van der Waals surface area (Å²) in [7, 11) is 0. The van der Waals surface area contributed by atoms with Crippen molar-refractivity contribution in [1.82, 2.24) is 24.3 Å². The third kappa shape index (κ3) is 2.82. The molecule has 0 spiro atoms. The maximum atomic E-state index is 13.3. The van der Waals surface area contributed by atoms with Crippen LogP contribution in [0.1, 0.15) is 11.4 Å². The van der Waals surface area contributed by atoms with Crippen molar-refractivity contribution in [2.24, 2.45) is 11.8 Å². The molecule has 7 heteroatoms. The van der Waals surface area contributed by atoms with Gasteiger partial charge in [-0.1, -0.05) is 0 Å². The fourth-order valence-electron chi connectivity index (χ4n) is 4.34. The Kier molecular flexibility index (Phi) is 3.63. The van der Waals surface area contributed by atoms with Crippen LogP contribution in [0.3, 0.4) is 0 Å². The van der Waals surface area contributed by atoms with E-state index in [2.05, 4.69) is 30.8 Å². The molecule has 26 heavy (non-hydrogen) atoms. The Balaban J connectivity index is 1.25. The van der Waals surface area contributed by atoms with E-state index in [0.717, 1.165) is 55.6 Å². The van der Waals surface area contributed by atoms with Crippen molar-refractivity contribution in [3.05, 3.63) is 54.1 Å². The lowest BCUT2D eigenvalue weighted by molar-refractivity contribution is 0.305. The number of imidazole rings is 1. The summed E-state index contributed by atoms with van der Waals surface area (Å²) >= 11 is 0. The molecule has 0 radical (unpaired) electrons. The quantitative estimate of drug-likeness (QED) is 0.723. The largest absolute Gasteiger partial charge is 0.356 e. The smallest absolute Gasteiger partial charge is 0.139 e. The number of aryl methyl sites for hydroxylation is 1. The van der Waals surface area contributed by atoms with Crippen LogP contribution in [0.2, 0.25) is 0 Å². The van der Waals surface area contributed by atoms with Gasteiger partial charge in [0.15, 0.2) is 0 Å². The molecule has 6 nitrogen and oxygen atoms in total. The van der Waals surface area contributed by atoms with E-state index in [1.165, 1.54) is 12.3 Å². The zero-order chi connectivity index (χ0) is 17.7. The predicted octanol–water partition coefficient (Wildman–Crippen LogP) is 2.14. The van der Waals surface area contributed by atoms with Gasteiger partial charge in [-0.2, -0.15) is 0 Å². The fraction of sp³-hybridized carbons (Fsp3) is 0.421. The summed E-state index contributed by atoms with van der Waals surface area (Å²) in [6.45, 7) is 7.08. The van der Waals surface area contributed by atoms with Crippen LogP contribution >= 0.6 is 0 Å². The standard InChI is InChI=1S/C19H21FN6/c1-13-4-19(22-12-21-13)25-7-14-5-24(6-15(14)8-25)10-17-11-26-9-16(20)2-3-18(26)23-17/h2-4,9,11-12,14-15H,5-8,10H2,1H3. The van der Waals surface area contributed by atoms with Crippen molar-refractivity contribution in [3.63, 3.8) is 0 Å². The van der Waals surface area contributed by atoms with Gasteiger partial charge in [-0.05, 0) is 30.9 Å². The molecular weight excluding hydrogens is 331 g/mol. The van der Waals surface area contributed by atoms with Crippen LogP contribution < -0.4 is 4.90 Å². The van der Waals surface area contributed by atoms with Gasteiger partial charge in [0.25, 0.3) is 0 Å². The first-order valence-electron chi connectivity index (χ1n) is 9.03. The number of anilines is 1. The molecule has 2 fully saturated rings. The Morgan fingerprint density at radius 1 is 1.08 bits per heavy atom. The van der Waals surface area contributed by atoms with Gasteiger partial charge < -0.3 is 9.30 Å². The number of rotatable bonds is 3. The molecule has 0 aliphatic carbocycles. The molecule has 0 saturated carbocycles. The Labute approximate surface area is 151 Å². The minimum absolute atomic E-state index is 0.239. The van der Waals surface area contributed by atoms with Crippen molar-refractivity contribution in [2.75, 3.05) is 31.1 Å². The Bertz CT molecular complexity index is 940. The van der Waals surface area contributed by atoms with E-state index in [-0.39, 0.29) is 5.82 Å². The topological polar surface area (TPSA) is 49.6 Å². The molecule has 3 aromatic rings. The van der Waals surface area contributed by atoms with Crippen LogP contribution in [-0.2, 0) is 6.54 Å². The summed E-state index contributed by atoms with van der Waals surface area (Å²) in [4.78, 5) is 18.1. The third-order valence-electron chi connectivity index (χ3n) is 5.53. The van der Waals surface area contributed by atoms with E-state index in [1.54, 1.807) is 16.8 Å². The van der Waals surface area contributed by atoms with E-state index in [4.69, 9.17) is 0 Å². The zero-order valence-corrected chi connectivity index (χ0v) is 14.7. The van der Waals surface area contributed by atoms with Gasteiger partial charge in [0.05, 0.1) is 5.69 Å². The Morgan fingerprint density at radius 3 is 2.65 bits per heavy atom. The lowest BCUT2D eigenvalue weighted by atomic mass is 10.0. The molecule has 5 rings (SSSR count). The monoisotopic (exact) mass is 352 g/mol. The van der Waals surface area contributed by atoms with Crippen molar-refractivity contribution in [3.8, 4) is 0 Å². The second-order valence-corrected chi connectivity index (χ2v) is 7.48. The Morgan fingerprint density at radius 2 is 1.88 bits per heavy atom. The second kappa shape index (κ2) is 6.02. The molecule has 0 bridgehead atoms. The maximum Gasteiger partial charge on any atom is 0.139 e. The van der Waals surface area contributed by atoms with Crippen molar-refractivity contribution < 1.29 is 4.39 Å². The van der Waals surface area contributed by atoms with Crippen molar-refractivity contribution >= 4 is 11.5 Å². The molecular formula is C19H21FN6. The molecule has 3 aromatic heterocycles. The zero-order valence-electron chi connectivity index (χ0n) is 14.7. The lowest BCUT2D eigenvalue weighted by Crippen LogP contribution is -2.29. The van der Waals surface area contributed by atoms with Crippen LogP contribution in [-0.4, -0.2) is 50.4 Å². The van der Waals surface area contributed by atoms with Crippen LogP contribution in [0.5, 0.6) is 0 Å². The highest BCUT2D eigenvalue weighted by Crippen LogP contribution is 2.33. The molecule has 2 aliphatic rings. The average Bonchev–Trinajstić information content (AvgIpc) is 3.27. The maximum absolute atomic E-state index is 13.3. The lowest BCUT2D eigenvalue weighted by Gasteiger charge is -2.21. The van der Waals surface area contributed by atoms with Gasteiger partial charge in [0.1, 0.15) is 23.6 Å². The molecule has 2 atom stereocenters. The van der Waals surface area contributed by atoms with E-state index in [0.29, 0.717) is 11.8 Å². The van der Waals surface area contributed by atoms with Gasteiger partial charge in [-0.3, -0.25) is 4.90 Å². The summed E-state index contributed by atoms with van der Waals surface area (Å²) in [6.07, 6.45) is 5.06.